The quantitative estimate of drug-likeness (QED) is 0.393. The molecule has 0 saturated carbocycles. The van der Waals surface area contributed by atoms with Crippen LogP contribution in [0.2, 0.25) is 5.02 Å². The van der Waals surface area contributed by atoms with Gasteiger partial charge in [0.05, 0.1) is 16.7 Å². The minimum absolute atomic E-state index is 0.181. The zero-order chi connectivity index (χ0) is 18.4. The Balaban J connectivity index is 1.72. The number of H-pyrrole nitrogens is 1. The Labute approximate surface area is 162 Å². The number of aromatic amines is 1. The van der Waals surface area contributed by atoms with Crippen molar-refractivity contribution in [2.75, 3.05) is 0 Å². The van der Waals surface area contributed by atoms with Gasteiger partial charge >= 0.3 is 0 Å². The highest BCUT2D eigenvalue weighted by atomic mass is 35.5. The molecule has 8 heteroatoms. The van der Waals surface area contributed by atoms with Crippen molar-refractivity contribution in [1.82, 2.24) is 19.9 Å². The summed E-state index contributed by atoms with van der Waals surface area (Å²) >= 11 is 9.21. The van der Waals surface area contributed by atoms with Crippen molar-refractivity contribution >= 4 is 55.8 Å². The molecule has 5 nitrogen and oxygen atoms in total. The molecule has 0 atom stereocenters. The van der Waals surface area contributed by atoms with E-state index in [-0.39, 0.29) is 5.56 Å². The molecule has 4 rings (SSSR count). The van der Waals surface area contributed by atoms with Crippen LogP contribution in [0.1, 0.15) is 22.1 Å². The molecular weight excluding hydrogens is 388 g/mol. The van der Waals surface area contributed by atoms with E-state index in [1.807, 2.05) is 6.92 Å². The maximum Gasteiger partial charge on any atom is 0.258 e. The Kier molecular flexibility index (Phi) is 4.46. The summed E-state index contributed by atoms with van der Waals surface area (Å²) in [6.07, 6.45) is 0. The van der Waals surface area contributed by atoms with Crippen LogP contribution in [0.4, 0.5) is 0 Å². The summed E-state index contributed by atoms with van der Waals surface area (Å²) in [4.78, 5) is 31.1. The van der Waals surface area contributed by atoms with Crippen molar-refractivity contribution in [3.8, 4) is 0 Å². The molecule has 1 N–H and O–H groups in total. The monoisotopic (exact) mass is 402 g/mol. The maximum atomic E-state index is 12.3. The van der Waals surface area contributed by atoms with Crippen molar-refractivity contribution in [3.63, 3.8) is 0 Å². The van der Waals surface area contributed by atoms with E-state index in [4.69, 9.17) is 11.6 Å². The van der Waals surface area contributed by atoms with Gasteiger partial charge < -0.3 is 4.98 Å². The standard InChI is InChI=1S/C18H15ClN4OS2/c1-8-9(2)26-18-15(8)17(20-10(3)21-18)25-7-14-22-13-5-4-11(19)6-12(13)16(24)23-14/h4-6H,7H2,1-3H3,(H,22,23,24). The van der Waals surface area contributed by atoms with Crippen LogP contribution in [0.25, 0.3) is 21.1 Å². The fourth-order valence-electron chi connectivity index (χ4n) is 2.78. The van der Waals surface area contributed by atoms with Crippen LogP contribution in [0.3, 0.4) is 0 Å². The third-order valence-electron chi connectivity index (χ3n) is 4.17. The average molecular weight is 403 g/mol. The largest absolute Gasteiger partial charge is 0.309 e. The lowest BCUT2D eigenvalue weighted by molar-refractivity contribution is 1.00. The number of thioether (sulfide) groups is 1. The van der Waals surface area contributed by atoms with Crippen LogP contribution < -0.4 is 5.56 Å². The van der Waals surface area contributed by atoms with Gasteiger partial charge in [-0.3, -0.25) is 4.79 Å². The SMILES string of the molecule is Cc1nc(SCc2nc3ccc(Cl)cc3c(=O)[nH]2)c2c(C)c(C)sc2n1. The van der Waals surface area contributed by atoms with E-state index in [0.717, 1.165) is 21.1 Å². The molecule has 3 heterocycles. The molecule has 0 amide bonds. The maximum absolute atomic E-state index is 12.3. The van der Waals surface area contributed by atoms with Gasteiger partial charge in [0.1, 0.15) is 21.5 Å². The van der Waals surface area contributed by atoms with Gasteiger partial charge in [-0.2, -0.15) is 0 Å². The molecule has 0 aliphatic heterocycles. The smallest absolute Gasteiger partial charge is 0.258 e. The Morgan fingerprint density at radius 2 is 2.00 bits per heavy atom. The summed E-state index contributed by atoms with van der Waals surface area (Å²) in [5.41, 5.74) is 1.67. The van der Waals surface area contributed by atoms with E-state index < -0.39 is 0 Å². The number of thiophene rings is 1. The van der Waals surface area contributed by atoms with E-state index in [2.05, 4.69) is 33.8 Å². The number of nitrogens with one attached hydrogen (secondary N) is 1. The molecule has 0 bridgehead atoms. The number of nitrogens with zero attached hydrogens (tertiary/aromatic N) is 3. The van der Waals surface area contributed by atoms with Crippen molar-refractivity contribution in [1.29, 1.82) is 0 Å². The van der Waals surface area contributed by atoms with E-state index in [9.17, 15) is 4.79 Å². The Morgan fingerprint density at radius 3 is 2.81 bits per heavy atom. The molecule has 0 fully saturated rings. The van der Waals surface area contributed by atoms with Crippen LogP contribution in [0.5, 0.6) is 0 Å². The van der Waals surface area contributed by atoms with Gasteiger partial charge in [0, 0.05) is 15.3 Å². The number of hydrogen-bond donors (Lipinski definition) is 1. The molecule has 26 heavy (non-hydrogen) atoms. The number of benzene rings is 1. The fourth-order valence-corrected chi connectivity index (χ4v) is 5.10. The topological polar surface area (TPSA) is 71.5 Å². The normalized spacial score (nSPS) is 11.5. The number of aromatic nitrogens is 4. The van der Waals surface area contributed by atoms with Crippen molar-refractivity contribution in [3.05, 3.63) is 55.7 Å². The van der Waals surface area contributed by atoms with Crippen LogP contribution in [0.15, 0.2) is 28.0 Å². The second-order valence-electron chi connectivity index (χ2n) is 6.00. The van der Waals surface area contributed by atoms with Gasteiger partial charge in [0.25, 0.3) is 5.56 Å². The first-order valence-corrected chi connectivity index (χ1v) is 10.2. The molecule has 0 spiro atoms. The predicted octanol–water partition coefficient (Wildman–Crippen LogP) is 4.80. The molecule has 0 aliphatic rings. The lowest BCUT2D eigenvalue weighted by atomic mass is 10.2. The Morgan fingerprint density at radius 1 is 1.19 bits per heavy atom. The fraction of sp³-hybridized carbons (Fsp3) is 0.222. The van der Waals surface area contributed by atoms with Gasteiger partial charge in [-0.25, -0.2) is 15.0 Å². The summed E-state index contributed by atoms with van der Waals surface area (Å²) in [5, 5.41) is 3.04. The predicted molar refractivity (Wildman–Crippen MR) is 109 cm³/mol. The van der Waals surface area contributed by atoms with Gasteiger partial charge in [0.2, 0.25) is 0 Å². The summed E-state index contributed by atoms with van der Waals surface area (Å²) in [7, 11) is 0. The molecule has 0 saturated heterocycles. The number of aryl methyl sites for hydroxylation is 3. The highest BCUT2D eigenvalue weighted by molar-refractivity contribution is 7.98. The Hall–Kier alpha value is -1.96. The van der Waals surface area contributed by atoms with Crippen molar-refractivity contribution in [2.24, 2.45) is 0 Å². The number of hydrogen-bond acceptors (Lipinski definition) is 6. The molecule has 132 valence electrons. The average Bonchev–Trinajstić information content (AvgIpc) is 2.87. The van der Waals surface area contributed by atoms with Gasteiger partial charge in [-0.15, -0.1) is 11.3 Å². The van der Waals surface area contributed by atoms with Crippen LogP contribution >= 0.6 is 34.7 Å². The lowest BCUT2D eigenvalue weighted by Crippen LogP contribution is -2.11. The van der Waals surface area contributed by atoms with Gasteiger partial charge in [0.15, 0.2) is 0 Å². The zero-order valence-electron chi connectivity index (χ0n) is 14.4. The molecule has 0 aliphatic carbocycles. The van der Waals surface area contributed by atoms with E-state index in [0.29, 0.717) is 27.5 Å². The lowest BCUT2D eigenvalue weighted by Gasteiger charge is -2.06. The summed E-state index contributed by atoms with van der Waals surface area (Å²) in [6.45, 7) is 6.09. The van der Waals surface area contributed by atoms with Crippen LogP contribution in [-0.4, -0.2) is 19.9 Å². The zero-order valence-corrected chi connectivity index (χ0v) is 16.8. The molecule has 1 aromatic carbocycles. The van der Waals surface area contributed by atoms with Crippen molar-refractivity contribution < 1.29 is 0 Å². The second kappa shape index (κ2) is 6.64. The van der Waals surface area contributed by atoms with E-state index in [1.165, 1.54) is 10.4 Å². The minimum atomic E-state index is -0.181. The van der Waals surface area contributed by atoms with Crippen molar-refractivity contribution in [2.45, 2.75) is 31.6 Å². The second-order valence-corrected chi connectivity index (χ2v) is 8.61. The third-order valence-corrected chi connectivity index (χ3v) is 6.49. The highest BCUT2D eigenvalue weighted by Crippen LogP contribution is 2.35. The first kappa shape index (κ1) is 17.5. The first-order valence-electron chi connectivity index (χ1n) is 7.98. The highest BCUT2D eigenvalue weighted by Gasteiger charge is 2.14. The number of rotatable bonds is 3. The number of halogens is 1. The minimum Gasteiger partial charge on any atom is -0.309 e. The first-order chi connectivity index (χ1) is 12.4. The summed E-state index contributed by atoms with van der Waals surface area (Å²) in [6, 6.07) is 5.14. The molecule has 3 aromatic heterocycles. The molecular formula is C18H15ClN4OS2. The van der Waals surface area contributed by atoms with E-state index >= 15 is 0 Å². The van der Waals surface area contributed by atoms with Gasteiger partial charge in [-0.1, -0.05) is 23.4 Å². The number of fused-ring (bicyclic) bond motifs is 2. The third kappa shape index (κ3) is 3.11. The molecule has 4 aromatic rings. The molecule has 0 radical (unpaired) electrons. The molecule has 0 unspecified atom stereocenters. The van der Waals surface area contributed by atoms with Crippen LogP contribution in [0, 0.1) is 20.8 Å². The summed E-state index contributed by atoms with van der Waals surface area (Å²) < 4.78 is 0. The van der Waals surface area contributed by atoms with E-state index in [1.54, 1.807) is 41.3 Å². The van der Waals surface area contributed by atoms with Gasteiger partial charge in [-0.05, 0) is 44.5 Å². The Bertz CT molecular complexity index is 1220. The summed E-state index contributed by atoms with van der Waals surface area (Å²) in [5.74, 6) is 1.88. The van der Waals surface area contributed by atoms with Crippen LogP contribution in [-0.2, 0) is 5.75 Å².